The minimum atomic E-state index is -0.806. The van der Waals surface area contributed by atoms with Crippen LogP contribution in [0.3, 0.4) is 0 Å². The molecule has 1 atom stereocenters. The topological polar surface area (TPSA) is 84.7 Å². The second kappa shape index (κ2) is 8.00. The molecule has 6 nitrogen and oxygen atoms in total. The first kappa shape index (κ1) is 16.6. The van der Waals surface area contributed by atoms with Gasteiger partial charge < -0.3 is 10.5 Å². The minimum absolute atomic E-state index is 0.111. The zero-order valence-corrected chi connectivity index (χ0v) is 13.0. The summed E-state index contributed by atoms with van der Waals surface area (Å²) in [4.78, 5) is 24.1. The van der Waals surface area contributed by atoms with Crippen molar-refractivity contribution < 1.29 is 14.3 Å². The van der Waals surface area contributed by atoms with Gasteiger partial charge in [0.1, 0.15) is 11.9 Å². The molecule has 1 heterocycles. The molecule has 0 saturated carbocycles. The number of benzene rings is 1. The number of nitrogens with one attached hydrogen (secondary N) is 1. The van der Waals surface area contributed by atoms with E-state index in [0.717, 1.165) is 26.1 Å². The lowest BCUT2D eigenvalue weighted by molar-refractivity contribution is -0.120. The quantitative estimate of drug-likeness (QED) is 0.834. The van der Waals surface area contributed by atoms with Crippen molar-refractivity contribution in [3.8, 4) is 5.75 Å². The van der Waals surface area contributed by atoms with Gasteiger partial charge in [0.2, 0.25) is 5.91 Å². The van der Waals surface area contributed by atoms with Gasteiger partial charge in [-0.3, -0.25) is 15.0 Å². The molecule has 2 rings (SSSR count). The van der Waals surface area contributed by atoms with Crippen molar-refractivity contribution in [1.82, 2.24) is 10.2 Å². The van der Waals surface area contributed by atoms with Gasteiger partial charge in [0.25, 0.3) is 0 Å². The summed E-state index contributed by atoms with van der Waals surface area (Å²) in [5.41, 5.74) is 4.88. The number of likely N-dealkylation sites (tertiary alicyclic amines) is 1. The van der Waals surface area contributed by atoms with Crippen LogP contribution in [-0.2, 0) is 4.79 Å². The number of hydrogen-bond donors (Lipinski definition) is 2. The number of amides is 3. The van der Waals surface area contributed by atoms with E-state index >= 15 is 0 Å². The fourth-order valence-electron chi connectivity index (χ4n) is 2.48. The van der Waals surface area contributed by atoms with E-state index in [-0.39, 0.29) is 18.4 Å². The predicted octanol–water partition coefficient (Wildman–Crippen LogP) is 1.77. The summed E-state index contributed by atoms with van der Waals surface area (Å²) in [7, 11) is 0. The number of ether oxygens (including phenoxy) is 1. The van der Waals surface area contributed by atoms with E-state index in [1.165, 1.54) is 0 Å². The van der Waals surface area contributed by atoms with Gasteiger partial charge >= 0.3 is 6.03 Å². The number of para-hydroxylation sites is 1. The van der Waals surface area contributed by atoms with Gasteiger partial charge in [-0.25, -0.2) is 4.79 Å². The lowest BCUT2D eigenvalue weighted by atomic mass is 10.3. The van der Waals surface area contributed by atoms with E-state index in [4.69, 9.17) is 22.1 Å². The van der Waals surface area contributed by atoms with Gasteiger partial charge in [0.05, 0.1) is 5.02 Å². The van der Waals surface area contributed by atoms with Gasteiger partial charge in [-0.1, -0.05) is 23.7 Å². The molecule has 7 heteroatoms. The largest absolute Gasteiger partial charge is 0.487 e. The van der Waals surface area contributed by atoms with Crippen molar-refractivity contribution in [3.05, 3.63) is 29.3 Å². The second-order valence-corrected chi connectivity index (χ2v) is 5.68. The molecule has 0 unspecified atom stereocenters. The van der Waals surface area contributed by atoms with Crippen molar-refractivity contribution in [2.24, 2.45) is 5.73 Å². The Labute approximate surface area is 134 Å². The van der Waals surface area contributed by atoms with Gasteiger partial charge in [-0.05, 0) is 31.5 Å². The Hall–Kier alpha value is -1.79. The highest BCUT2D eigenvalue weighted by Gasteiger charge is 2.24. The summed E-state index contributed by atoms with van der Waals surface area (Å²) >= 11 is 6.08. The van der Waals surface area contributed by atoms with E-state index in [0.29, 0.717) is 17.2 Å². The van der Waals surface area contributed by atoms with Gasteiger partial charge in [0, 0.05) is 19.5 Å². The Morgan fingerprint density at radius 3 is 2.91 bits per heavy atom. The maximum Gasteiger partial charge on any atom is 0.318 e. The van der Waals surface area contributed by atoms with E-state index in [9.17, 15) is 9.59 Å². The number of halogens is 1. The number of imide groups is 1. The third-order valence-electron chi connectivity index (χ3n) is 3.50. The highest BCUT2D eigenvalue weighted by Crippen LogP contribution is 2.26. The van der Waals surface area contributed by atoms with E-state index < -0.39 is 6.03 Å². The molecule has 0 radical (unpaired) electrons. The third-order valence-corrected chi connectivity index (χ3v) is 3.81. The Bertz CT molecular complexity index is 539. The highest BCUT2D eigenvalue weighted by atomic mass is 35.5. The summed E-state index contributed by atoms with van der Waals surface area (Å²) in [5, 5.41) is 2.67. The fourth-order valence-corrected chi connectivity index (χ4v) is 2.66. The molecule has 3 N–H and O–H groups in total. The molecule has 0 spiro atoms. The number of primary amides is 1. The summed E-state index contributed by atoms with van der Waals surface area (Å²) in [5.74, 6) is 0.368. The van der Waals surface area contributed by atoms with Crippen LogP contribution >= 0.6 is 11.6 Å². The smallest absolute Gasteiger partial charge is 0.318 e. The molecule has 1 aliphatic heterocycles. The SMILES string of the molecule is NC(=O)NC(=O)CCCN1CC[C@@H](Oc2ccccc2Cl)C1. The number of carbonyl (C=O) groups excluding carboxylic acids is 2. The van der Waals surface area contributed by atoms with E-state index in [1.54, 1.807) is 6.07 Å². The molecular formula is C15H20ClN3O3. The monoisotopic (exact) mass is 325 g/mol. The molecular weight excluding hydrogens is 306 g/mol. The van der Waals surface area contributed by atoms with Crippen LogP contribution in [0.5, 0.6) is 5.75 Å². The summed E-state index contributed by atoms with van der Waals surface area (Å²) in [6.07, 6.45) is 2.01. The summed E-state index contributed by atoms with van der Waals surface area (Å²) in [6.45, 7) is 2.52. The van der Waals surface area contributed by atoms with Crippen LogP contribution in [0.4, 0.5) is 4.79 Å². The Kier molecular flexibility index (Phi) is 6.03. The fraction of sp³-hybridized carbons (Fsp3) is 0.467. The first-order valence-electron chi connectivity index (χ1n) is 7.27. The Morgan fingerprint density at radius 2 is 2.18 bits per heavy atom. The molecule has 1 aromatic carbocycles. The zero-order chi connectivity index (χ0) is 15.9. The van der Waals surface area contributed by atoms with Crippen LogP contribution in [0.1, 0.15) is 19.3 Å². The first-order valence-corrected chi connectivity index (χ1v) is 7.65. The van der Waals surface area contributed by atoms with Crippen molar-refractivity contribution in [2.45, 2.75) is 25.4 Å². The number of carbonyl (C=O) groups is 2. The van der Waals surface area contributed by atoms with Crippen molar-refractivity contribution in [3.63, 3.8) is 0 Å². The average molecular weight is 326 g/mol. The molecule has 0 bridgehead atoms. The molecule has 1 aliphatic rings. The average Bonchev–Trinajstić information content (AvgIpc) is 2.88. The maximum atomic E-state index is 11.3. The van der Waals surface area contributed by atoms with Crippen LogP contribution < -0.4 is 15.8 Å². The van der Waals surface area contributed by atoms with Gasteiger partial charge in [-0.15, -0.1) is 0 Å². The van der Waals surface area contributed by atoms with E-state index in [1.807, 2.05) is 18.2 Å². The standard InChI is InChI=1S/C15H20ClN3O3/c16-12-4-1-2-5-13(12)22-11-7-9-19(10-11)8-3-6-14(20)18-15(17)21/h1-2,4-5,11H,3,6-10H2,(H3,17,18,20,21)/t11-/m1/s1. The van der Waals surface area contributed by atoms with Crippen molar-refractivity contribution >= 4 is 23.5 Å². The molecule has 120 valence electrons. The Morgan fingerprint density at radius 1 is 1.41 bits per heavy atom. The number of rotatable bonds is 6. The molecule has 1 saturated heterocycles. The molecule has 1 aromatic rings. The van der Waals surface area contributed by atoms with Crippen LogP contribution in [0.25, 0.3) is 0 Å². The first-order chi connectivity index (χ1) is 10.5. The lowest BCUT2D eigenvalue weighted by Gasteiger charge is -2.17. The Balaban J connectivity index is 1.69. The number of nitrogens with zero attached hydrogens (tertiary/aromatic N) is 1. The molecule has 3 amide bonds. The summed E-state index contributed by atoms with van der Waals surface area (Å²) < 4.78 is 5.90. The molecule has 22 heavy (non-hydrogen) atoms. The highest BCUT2D eigenvalue weighted by molar-refractivity contribution is 6.32. The third kappa shape index (κ3) is 5.20. The van der Waals surface area contributed by atoms with Crippen LogP contribution in [0.2, 0.25) is 5.02 Å². The lowest BCUT2D eigenvalue weighted by Crippen LogP contribution is -2.35. The van der Waals surface area contributed by atoms with E-state index in [2.05, 4.69) is 10.2 Å². The second-order valence-electron chi connectivity index (χ2n) is 5.28. The van der Waals surface area contributed by atoms with Crippen molar-refractivity contribution in [2.75, 3.05) is 19.6 Å². The zero-order valence-electron chi connectivity index (χ0n) is 12.3. The molecule has 1 fully saturated rings. The predicted molar refractivity (Wildman–Crippen MR) is 83.9 cm³/mol. The van der Waals surface area contributed by atoms with Crippen molar-refractivity contribution in [1.29, 1.82) is 0 Å². The number of hydrogen-bond acceptors (Lipinski definition) is 4. The van der Waals surface area contributed by atoms with Crippen LogP contribution in [0.15, 0.2) is 24.3 Å². The van der Waals surface area contributed by atoms with Crippen LogP contribution in [0, 0.1) is 0 Å². The van der Waals surface area contributed by atoms with Gasteiger partial charge in [-0.2, -0.15) is 0 Å². The maximum absolute atomic E-state index is 11.3. The van der Waals surface area contributed by atoms with Gasteiger partial charge in [0.15, 0.2) is 0 Å². The van der Waals surface area contributed by atoms with Crippen LogP contribution in [-0.4, -0.2) is 42.6 Å². The normalized spacial score (nSPS) is 18.1. The number of urea groups is 1. The minimum Gasteiger partial charge on any atom is -0.487 e. The molecule has 0 aliphatic carbocycles. The number of nitrogens with two attached hydrogens (primary N) is 1. The molecule has 0 aromatic heterocycles. The summed E-state index contributed by atoms with van der Waals surface area (Å²) in [6, 6.07) is 6.62.